The number of nitrogens with one attached hydrogen (secondary N) is 1. The first-order valence-corrected chi connectivity index (χ1v) is 11.9. The third kappa shape index (κ3) is 3.98. The van der Waals surface area contributed by atoms with Crippen LogP contribution < -0.4 is 19.5 Å². The zero-order valence-corrected chi connectivity index (χ0v) is 19.8. The van der Waals surface area contributed by atoms with E-state index in [0.717, 1.165) is 28.9 Å². The van der Waals surface area contributed by atoms with E-state index < -0.39 is 17.6 Å². The van der Waals surface area contributed by atoms with Gasteiger partial charge in [-0.05, 0) is 19.1 Å². The van der Waals surface area contributed by atoms with Gasteiger partial charge in [0.05, 0.1) is 42.4 Å². The second kappa shape index (κ2) is 8.95. The van der Waals surface area contributed by atoms with Gasteiger partial charge in [0.1, 0.15) is 18.1 Å². The number of anilines is 1. The Labute approximate surface area is 210 Å². The lowest BCUT2D eigenvalue weighted by atomic mass is 9.97. The highest BCUT2D eigenvalue weighted by Gasteiger charge is 2.31. The van der Waals surface area contributed by atoms with Gasteiger partial charge in [-0.1, -0.05) is 18.2 Å². The fourth-order valence-electron chi connectivity index (χ4n) is 4.98. The van der Waals surface area contributed by atoms with Crippen molar-refractivity contribution in [3.8, 4) is 23.2 Å². The molecule has 3 aromatic carbocycles. The van der Waals surface area contributed by atoms with Gasteiger partial charge in [0.2, 0.25) is 0 Å². The number of nitrogens with zero attached hydrogens (tertiary/aromatic N) is 2. The molecular weight excluding hydrogens is 484 g/mol. The Balaban J connectivity index is 1.34. The molecule has 3 heterocycles. The fraction of sp³-hybridized carbons (Fsp3) is 0.259. The number of imidazole rings is 1. The van der Waals surface area contributed by atoms with Gasteiger partial charge in [-0.15, -0.1) is 0 Å². The molecule has 0 spiro atoms. The van der Waals surface area contributed by atoms with Crippen LogP contribution in [-0.2, 0) is 4.79 Å². The standard InChI is InChI=1S/C27H23F2N3O5/c1-2-35-27-31-20-10-18(28)19(29)11-23(20)32(27)22-5-3-4-17-21(13-37-26(17)22)30-15-6-7-16-14(8-25(33)34)12-36-24(16)9-15/h3-7,9-11,14,21,30H,2,8,12-13H2,1H3,(H,33,34). The Bertz CT molecular complexity index is 1540. The average Bonchev–Trinajstić information content (AvgIpc) is 3.55. The first kappa shape index (κ1) is 23.1. The van der Waals surface area contributed by atoms with E-state index in [9.17, 15) is 13.6 Å². The van der Waals surface area contributed by atoms with Crippen molar-refractivity contribution in [2.24, 2.45) is 0 Å². The first-order chi connectivity index (χ1) is 17.9. The van der Waals surface area contributed by atoms with E-state index in [2.05, 4.69) is 10.3 Å². The Morgan fingerprint density at radius 1 is 1.14 bits per heavy atom. The van der Waals surface area contributed by atoms with E-state index in [-0.39, 0.29) is 29.9 Å². The van der Waals surface area contributed by atoms with Gasteiger partial charge >= 0.3 is 12.0 Å². The lowest BCUT2D eigenvalue weighted by Gasteiger charge is -2.15. The molecule has 0 saturated heterocycles. The number of para-hydroxylation sites is 1. The van der Waals surface area contributed by atoms with E-state index in [0.29, 0.717) is 42.5 Å². The molecule has 2 aliphatic rings. The summed E-state index contributed by atoms with van der Waals surface area (Å²) in [6.45, 7) is 2.81. The second-order valence-corrected chi connectivity index (χ2v) is 8.98. The van der Waals surface area contributed by atoms with Crippen LogP contribution in [0.4, 0.5) is 14.5 Å². The molecule has 0 bridgehead atoms. The van der Waals surface area contributed by atoms with Gasteiger partial charge in [0, 0.05) is 40.9 Å². The van der Waals surface area contributed by atoms with Gasteiger partial charge in [-0.25, -0.2) is 8.78 Å². The molecule has 2 N–H and O–H groups in total. The van der Waals surface area contributed by atoms with E-state index in [1.165, 1.54) is 0 Å². The topological polar surface area (TPSA) is 94.8 Å². The summed E-state index contributed by atoms with van der Waals surface area (Å²) in [7, 11) is 0. The van der Waals surface area contributed by atoms with Gasteiger partial charge in [0.25, 0.3) is 0 Å². The third-order valence-electron chi connectivity index (χ3n) is 6.63. The second-order valence-electron chi connectivity index (χ2n) is 8.98. The molecule has 1 aromatic heterocycles. The minimum Gasteiger partial charge on any atom is -0.493 e. The molecule has 6 rings (SSSR count). The largest absolute Gasteiger partial charge is 0.493 e. The Morgan fingerprint density at radius 3 is 2.78 bits per heavy atom. The van der Waals surface area contributed by atoms with Crippen LogP contribution in [0.15, 0.2) is 48.5 Å². The van der Waals surface area contributed by atoms with Gasteiger partial charge < -0.3 is 24.6 Å². The summed E-state index contributed by atoms with van der Waals surface area (Å²) in [6, 6.07) is 13.5. The zero-order valence-electron chi connectivity index (χ0n) is 19.8. The minimum atomic E-state index is -0.980. The molecule has 2 aliphatic heterocycles. The first-order valence-electron chi connectivity index (χ1n) is 11.9. The molecule has 0 fully saturated rings. The molecule has 0 amide bonds. The number of benzene rings is 3. The lowest BCUT2D eigenvalue weighted by Crippen LogP contribution is -2.11. The number of halogens is 2. The van der Waals surface area contributed by atoms with Crippen LogP contribution in [0.25, 0.3) is 16.7 Å². The van der Waals surface area contributed by atoms with Crippen LogP contribution in [0, 0.1) is 11.6 Å². The number of carboxylic acids is 1. The normalized spacial score (nSPS) is 17.7. The van der Waals surface area contributed by atoms with E-state index in [1.807, 2.05) is 36.4 Å². The summed E-state index contributed by atoms with van der Waals surface area (Å²) in [4.78, 5) is 15.5. The summed E-state index contributed by atoms with van der Waals surface area (Å²) < 4.78 is 47.2. The Kier molecular flexibility index (Phi) is 5.58. The highest BCUT2D eigenvalue weighted by atomic mass is 19.2. The smallest absolute Gasteiger partial charge is 0.304 e. The quantitative estimate of drug-likeness (QED) is 0.355. The molecule has 2 atom stereocenters. The number of carbonyl (C=O) groups is 1. The van der Waals surface area contributed by atoms with Gasteiger partial charge in [-0.3, -0.25) is 9.36 Å². The Hall–Kier alpha value is -4.34. The summed E-state index contributed by atoms with van der Waals surface area (Å²) in [6.07, 6.45) is 0.0234. The maximum absolute atomic E-state index is 14.2. The van der Waals surface area contributed by atoms with Crippen molar-refractivity contribution >= 4 is 22.7 Å². The highest BCUT2D eigenvalue weighted by Crippen LogP contribution is 2.43. The van der Waals surface area contributed by atoms with Crippen LogP contribution in [-0.4, -0.2) is 40.4 Å². The van der Waals surface area contributed by atoms with Crippen molar-refractivity contribution < 1.29 is 32.9 Å². The van der Waals surface area contributed by atoms with Crippen molar-refractivity contribution in [1.82, 2.24) is 9.55 Å². The number of ether oxygens (including phenoxy) is 3. The molecule has 2 unspecified atom stereocenters. The summed E-state index contributed by atoms with van der Waals surface area (Å²) in [5, 5.41) is 12.6. The van der Waals surface area contributed by atoms with Crippen LogP contribution in [0.2, 0.25) is 0 Å². The van der Waals surface area contributed by atoms with Crippen molar-refractivity contribution in [2.45, 2.75) is 25.3 Å². The van der Waals surface area contributed by atoms with Crippen LogP contribution in [0.5, 0.6) is 17.5 Å². The fourth-order valence-corrected chi connectivity index (χ4v) is 4.98. The molecular formula is C27H23F2N3O5. The number of rotatable bonds is 7. The number of hydrogen-bond donors (Lipinski definition) is 2. The molecule has 10 heteroatoms. The van der Waals surface area contributed by atoms with Crippen LogP contribution >= 0.6 is 0 Å². The van der Waals surface area contributed by atoms with E-state index in [4.69, 9.17) is 19.3 Å². The van der Waals surface area contributed by atoms with Crippen molar-refractivity contribution in [3.05, 3.63) is 71.3 Å². The summed E-state index contributed by atoms with van der Waals surface area (Å²) in [5.74, 6) is -1.72. The average molecular weight is 507 g/mol. The lowest BCUT2D eigenvalue weighted by molar-refractivity contribution is -0.137. The van der Waals surface area contributed by atoms with E-state index in [1.54, 1.807) is 11.5 Å². The molecule has 8 nitrogen and oxygen atoms in total. The maximum Gasteiger partial charge on any atom is 0.304 e. The van der Waals surface area contributed by atoms with Gasteiger partial charge in [-0.2, -0.15) is 4.98 Å². The monoisotopic (exact) mass is 507 g/mol. The number of hydrogen-bond acceptors (Lipinski definition) is 6. The van der Waals surface area contributed by atoms with Crippen molar-refractivity contribution in [1.29, 1.82) is 0 Å². The van der Waals surface area contributed by atoms with E-state index >= 15 is 0 Å². The molecule has 0 radical (unpaired) electrons. The van der Waals surface area contributed by atoms with Gasteiger partial charge in [0.15, 0.2) is 11.6 Å². The van der Waals surface area contributed by atoms with Crippen molar-refractivity contribution in [2.75, 3.05) is 25.1 Å². The Morgan fingerprint density at radius 2 is 1.97 bits per heavy atom. The van der Waals surface area contributed by atoms with Crippen molar-refractivity contribution in [3.63, 3.8) is 0 Å². The van der Waals surface area contributed by atoms with Crippen LogP contribution in [0.1, 0.15) is 36.4 Å². The summed E-state index contributed by atoms with van der Waals surface area (Å²) in [5.41, 5.74) is 3.82. The maximum atomic E-state index is 14.2. The molecule has 0 aliphatic carbocycles. The SMILES string of the molecule is CCOc1nc2cc(F)c(F)cc2n1-c1cccc2c1OCC2Nc1ccc2c(c1)OCC2CC(=O)O. The van der Waals surface area contributed by atoms with Crippen LogP contribution in [0.3, 0.4) is 0 Å². The number of aromatic nitrogens is 2. The number of aliphatic carboxylic acids is 1. The highest BCUT2D eigenvalue weighted by molar-refractivity contribution is 5.80. The molecule has 190 valence electrons. The molecule has 4 aromatic rings. The summed E-state index contributed by atoms with van der Waals surface area (Å²) >= 11 is 0. The third-order valence-corrected chi connectivity index (χ3v) is 6.63. The molecule has 0 saturated carbocycles. The number of fused-ring (bicyclic) bond motifs is 3. The number of carboxylic acid groups (broad SMARTS) is 1. The predicted molar refractivity (Wildman–Crippen MR) is 131 cm³/mol. The minimum absolute atomic E-state index is 0.0234. The predicted octanol–water partition coefficient (Wildman–Crippen LogP) is 5.20. The zero-order chi connectivity index (χ0) is 25.7. The molecule has 37 heavy (non-hydrogen) atoms.